The van der Waals surface area contributed by atoms with E-state index in [1.807, 2.05) is 6.92 Å². The van der Waals surface area contributed by atoms with Gasteiger partial charge in [0.05, 0.1) is 0 Å². The lowest BCUT2D eigenvalue weighted by Crippen LogP contribution is -2.38. The maximum Gasteiger partial charge on any atom is 0.284 e. The van der Waals surface area contributed by atoms with E-state index < -0.39 is 5.91 Å². The Kier molecular flexibility index (Phi) is 7.91. The van der Waals surface area contributed by atoms with Crippen molar-refractivity contribution in [3.05, 3.63) is 59.2 Å². The zero-order valence-electron chi connectivity index (χ0n) is 16.0. The summed E-state index contributed by atoms with van der Waals surface area (Å²) in [5.74, 6) is 0.858. The molecule has 0 unspecified atom stereocenters. The number of furan rings is 1. The molecule has 0 aliphatic rings. The maximum atomic E-state index is 11.1. The fourth-order valence-electron chi connectivity index (χ4n) is 3.06. The number of carbonyl (C=O) groups is 1. The number of aromatic nitrogens is 1. The molecular formula is C20H26IN5O2. The van der Waals surface area contributed by atoms with Crippen LogP contribution in [0.25, 0.3) is 10.9 Å². The molecule has 3 aromatic rings. The number of aryl methyl sites for hydroxylation is 1. The molecule has 0 aliphatic carbocycles. The lowest BCUT2D eigenvalue weighted by molar-refractivity contribution is 0.0972. The minimum absolute atomic E-state index is 0. The summed E-state index contributed by atoms with van der Waals surface area (Å²) < 4.78 is 5.36. The van der Waals surface area contributed by atoms with E-state index >= 15 is 0 Å². The zero-order chi connectivity index (χ0) is 19.2. The van der Waals surface area contributed by atoms with Crippen LogP contribution in [0.3, 0.4) is 0 Å². The average molecular weight is 495 g/mol. The Balaban J connectivity index is 0.00000280. The first-order chi connectivity index (χ1) is 13.1. The molecule has 2 heterocycles. The molecule has 2 aromatic heterocycles. The molecule has 0 spiro atoms. The summed E-state index contributed by atoms with van der Waals surface area (Å²) in [6.07, 6.45) is 2.94. The molecule has 0 saturated carbocycles. The van der Waals surface area contributed by atoms with Gasteiger partial charge in [0.25, 0.3) is 5.91 Å². The van der Waals surface area contributed by atoms with Crippen LogP contribution in [0.5, 0.6) is 0 Å². The van der Waals surface area contributed by atoms with Crippen molar-refractivity contribution in [2.24, 2.45) is 10.7 Å². The van der Waals surface area contributed by atoms with E-state index in [4.69, 9.17) is 10.2 Å². The summed E-state index contributed by atoms with van der Waals surface area (Å²) in [6, 6.07) is 9.55. The number of halogens is 1. The number of aromatic amines is 1. The monoisotopic (exact) mass is 495 g/mol. The van der Waals surface area contributed by atoms with Crippen LogP contribution < -0.4 is 16.4 Å². The second-order valence-electron chi connectivity index (χ2n) is 6.31. The Morgan fingerprint density at radius 3 is 2.79 bits per heavy atom. The Morgan fingerprint density at radius 2 is 2.07 bits per heavy atom. The highest BCUT2D eigenvalue weighted by atomic mass is 127. The largest absolute Gasteiger partial charge is 0.454 e. The Hall–Kier alpha value is -2.49. The minimum Gasteiger partial charge on any atom is -0.454 e. The molecule has 0 radical (unpaired) electrons. The normalized spacial score (nSPS) is 11.3. The lowest BCUT2D eigenvalue weighted by atomic mass is 10.1. The number of nitrogens with one attached hydrogen (secondary N) is 3. The molecule has 0 atom stereocenters. The van der Waals surface area contributed by atoms with Gasteiger partial charge in [0.1, 0.15) is 12.3 Å². The van der Waals surface area contributed by atoms with Crippen LogP contribution in [-0.4, -0.2) is 29.9 Å². The lowest BCUT2D eigenvalue weighted by Gasteiger charge is -2.11. The molecule has 1 amide bonds. The van der Waals surface area contributed by atoms with Crippen LogP contribution in [0.2, 0.25) is 0 Å². The molecule has 150 valence electrons. The van der Waals surface area contributed by atoms with E-state index in [1.54, 1.807) is 12.1 Å². The van der Waals surface area contributed by atoms with Crippen molar-refractivity contribution in [2.75, 3.05) is 13.1 Å². The Labute approximate surface area is 181 Å². The van der Waals surface area contributed by atoms with Crippen molar-refractivity contribution in [3.63, 3.8) is 0 Å². The highest BCUT2D eigenvalue weighted by Gasteiger charge is 2.08. The van der Waals surface area contributed by atoms with Crippen LogP contribution in [0, 0.1) is 6.92 Å². The topological polar surface area (TPSA) is 108 Å². The molecular weight excluding hydrogens is 469 g/mol. The third kappa shape index (κ3) is 5.28. The second-order valence-corrected chi connectivity index (χ2v) is 6.31. The van der Waals surface area contributed by atoms with Crippen molar-refractivity contribution in [1.82, 2.24) is 15.6 Å². The standard InChI is InChI=1S/C20H25N5O2.HI/c1-3-22-20(25-12-15-7-8-17(27-15)19(21)26)23-10-9-14-11-24-16-6-4-5-13(2)18(14)16;/h4-8,11,24H,3,9-10,12H2,1-2H3,(H2,21,26)(H2,22,23,25);1H. The number of benzene rings is 1. The summed E-state index contributed by atoms with van der Waals surface area (Å²) in [4.78, 5) is 18.9. The van der Waals surface area contributed by atoms with Crippen molar-refractivity contribution in [3.8, 4) is 0 Å². The number of rotatable bonds is 7. The van der Waals surface area contributed by atoms with Gasteiger partial charge in [0.15, 0.2) is 11.7 Å². The highest BCUT2D eigenvalue weighted by Crippen LogP contribution is 2.22. The SMILES string of the molecule is CCNC(=NCc1ccc(C(N)=O)o1)NCCc1c[nH]c2cccc(C)c12.I. The summed E-state index contributed by atoms with van der Waals surface area (Å²) in [7, 11) is 0. The molecule has 5 N–H and O–H groups in total. The second kappa shape index (κ2) is 10.2. The summed E-state index contributed by atoms with van der Waals surface area (Å²) in [5.41, 5.74) is 8.91. The zero-order valence-corrected chi connectivity index (χ0v) is 18.4. The van der Waals surface area contributed by atoms with Gasteiger partial charge in [-0.25, -0.2) is 4.99 Å². The molecule has 28 heavy (non-hydrogen) atoms. The Morgan fingerprint density at radius 1 is 1.25 bits per heavy atom. The molecule has 0 fully saturated rings. The highest BCUT2D eigenvalue weighted by molar-refractivity contribution is 14.0. The quantitative estimate of drug-likeness (QED) is 0.230. The summed E-state index contributed by atoms with van der Waals surface area (Å²) in [5, 5.41) is 7.83. The number of hydrogen-bond donors (Lipinski definition) is 4. The summed E-state index contributed by atoms with van der Waals surface area (Å²) >= 11 is 0. The first kappa shape index (κ1) is 21.8. The molecule has 0 saturated heterocycles. The van der Waals surface area contributed by atoms with Crippen molar-refractivity contribution in [2.45, 2.75) is 26.8 Å². The number of amides is 1. The van der Waals surface area contributed by atoms with E-state index in [9.17, 15) is 4.79 Å². The van der Waals surface area contributed by atoms with Crippen molar-refractivity contribution >= 4 is 46.7 Å². The number of aliphatic imine (C=N–C) groups is 1. The first-order valence-electron chi connectivity index (χ1n) is 9.04. The van der Waals surface area contributed by atoms with Gasteiger partial charge in [0.2, 0.25) is 0 Å². The van der Waals surface area contributed by atoms with E-state index in [1.165, 1.54) is 16.5 Å². The van der Waals surface area contributed by atoms with Crippen LogP contribution in [0.1, 0.15) is 34.4 Å². The van der Waals surface area contributed by atoms with Gasteiger partial charge in [-0.3, -0.25) is 4.79 Å². The first-order valence-corrected chi connectivity index (χ1v) is 9.04. The molecule has 0 aliphatic heterocycles. The van der Waals surface area contributed by atoms with E-state index in [-0.39, 0.29) is 29.7 Å². The van der Waals surface area contributed by atoms with Crippen LogP contribution in [-0.2, 0) is 13.0 Å². The van der Waals surface area contributed by atoms with Crippen LogP contribution >= 0.6 is 24.0 Å². The molecule has 3 rings (SSSR count). The van der Waals surface area contributed by atoms with Crippen molar-refractivity contribution in [1.29, 1.82) is 0 Å². The van der Waals surface area contributed by atoms with E-state index in [2.05, 4.69) is 51.9 Å². The Bertz CT molecular complexity index is 961. The van der Waals surface area contributed by atoms with Crippen molar-refractivity contribution < 1.29 is 9.21 Å². The number of primary amides is 1. The van der Waals surface area contributed by atoms with Gasteiger partial charge >= 0.3 is 0 Å². The molecule has 0 bridgehead atoms. The number of hydrogen-bond acceptors (Lipinski definition) is 3. The third-order valence-electron chi connectivity index (χ3n) is 4.32. The average Bonchev–Trinajstić information content (AvgIpc) is 3.28. The number of H-pyrrole nitrogens is 1. The smallest absolute Gasteiger partial charge is 0.284 e. The van der Waals surface area contributed by atoms with Gasteiger partial charge in [-0.15, -0.1) is 24.0 Å². The van der Waals surface area contributed by atoms with Crippen LogP contribution in [0.15, 0.2) is 45.9 Å². The predicted octanol–water partition coefficient (Wildman–Crippen LogP) is 3.08. The van der Waals surface area contributed by atoms with Crippen LogP contribution in [0.4, 0.5) is 0 Å². The number of guanidine groups is 1. The van der Waals surface area contributed by atoms with Gasteiger partial charge in [-0.1, -0.05) is 12.1 Å². The minimum atomic E-state index is -0.579. The van der Waals surface area contributed by atoms with Gasteiger partial charge in [-0.05, 0) is 49.6 Å². The van der Waals surface area contributed by atoms with E-state index in [0.717, 1.165) is 25.0 Å². The number of carbonyl (C=O) groups excluding carboxylic acids is 1. The molecule has 7 nitrogen and oxygen atoms in total. The number of nitrogens with two attached hydrogens (primary N) is 1. The van der Waals surface area contributed by atoms with Gasteiger partial charge in [0, 0.05) is 30.2 Å². The summed E-state index contributed by atoms with van der Waals surface area (Å²) in [6.45, 7) is 5.97. The fourth-order valence-corrected chi connectivity index (χ4v) is 3.06. The fraction of sp³-hybridized carbons (Fsp3) is 0.300. The van der Waals surface area contributed by atoms with Gasteiger partial charge < -0.3 is 25.8 Å². The molecule has 1 aromatic carbocycles. The third-order valence-corrected chi connectivity index (χ3v) is 4.32. The maximum absolute atomic E-state index is 11.1. The predicted molar refractivity (Wildman–Crippen MR) is 122 cm³/mol. The number of fused-ring (bicyclic) bond motifs is 1. The number of nitrogens with zero attached hydrogens (tertiary/aromatic N) is 1. The van der Waals surface area contributed by atoms with Gasteiger partial charge in [-0.2, -0.15) is 0 Å². The molecule has 8 heteroatoms. The van der Waals surface area contributed by atoms with E-state index in [0.29, 0.717) is 18.3 Å².